The molecule has 1 aromatic heterocycles. The number of hydrogen-bond donors (Lipinski definition) is 0. The summed E-state index contributed by atoms with van der Waals surface area (Å²) in [5.74, 6) is -0.260. The quantitative estimate of drug-likeness (QED) is 0.762. The van der Waals surface area contributed by atoms with Gasteiger partial charge in [0.2, 0.25) is 0 Å². The van der Waals surface area contributed by atoms with Crippen LogP contribution in [0.25, 0.3) is 10.4 Å². The van der Waals surface area contributed by atoms with Gasteiger partial charge in [0.15, 0.2) is 0 Å². The third kappa shape index (κ3) is 3.21. The number of ether oxygens (including phenoxy) is 1. The first-order chi connectivity index (χ1) is 8.56. The first-order valence-electron chi connectivity index (χ1n) is 5.61. The van der Waals surface area contributed by atoms with Crippen molar-refractivity contribution in [3.63, 3.8) is 0 Å². The van der Waals surface area contributed by atoms with E-state index in [1.165, 1.54) is 0 Å². The van der Waals surface area contributed by atoms with Crippen LogP contribution in [0.2, 0.25) is 0 Å². The van der Waals surface area contributed by atoms with Gasteiger partial charge in [0.25, 0.3) is 0 Å². The summed E-state index contributed by atoms with van der Waals surface area (Å²) >= 11 is 4.95. The molecule has 2 nitrogen and oxygen atoms in total. The first-order valence-corrected chi connectivity index (χ1v) is 7.29. The van der Waals surface area contributed by atoms with Crippen LogP contribution < -0.4 is 0 Å². The number of rotatable bonds is 3. The normalized spacial score (nSPS) is 10.7. The van der Waals surface area contributed by atoms with Crippen molar-refractivity contribution in [2.45, 2.75) is 20.0 Å². The first kappa shape index (κ1) is 13.3. The topological polar surface area (TPSA) is 26.3 Å². The molecule has 2 aromatic rings. The Morgan fingerprint density at radius 1 is 1.28 bits per heavy atom. The standard InChI is InChI=1S/C14H13BrO2S/c1-9(2)17-14(16)11-7-13(18-8-11)10-3-5-12(15)6-4-10/h3-9H,1-2H3. The molecule has 94 valence electrons. The largest absolute Gasteiger partial charge is 0.459 e. The van der Waals surface area contributed by atoms with E-state index in [4.69, 9.17) is 4.74 Å². The van der Waals surface area contributed by atoms with E-state index in [-0.39, 0.29) is 12.1 Å². The Labute approximate surface area is 119 Å². The molecule has 0 saturated heterocycles. The van der Waals surface area contributed by atoms with Crippen molar-refractivity contribution in [1.82, 2.24) is 0 Å². The van der Waals surface area contributed by atoms with E-state index in [9.17, 15) is 4.79 Å². The van der Waals surface area contributed by atoms with E-state index in [1.807, 2.05) is 49.6 Å². The van der Waals surface area contributed by atoms with Gasteiger partial charge in [-0.3, -0.25) is 0 Å². The monoisotopic (exact) mass is 324 g/mol. The van der Waals surface area contributed by atoms with Crippen LogP contribution in [0.5, 0.6) is 0 Å². The molecule has 4 heteroatoms. The highest BCUT2D eigenvalue weighted by molar-refractivity contribution is 9.10. The van der Waals surface area contributed by atoms with Crippen molar-refractivity contribution in [2.24, 2.45) is 0 Å². The van der Waals surface area contributed by atoms with Gasteiger partial charge >= 0.3 is 5.97 Å². The SMILES string of the molecule is CC(C)OC(=O)c1csc(-c2ccc(Br)cc2)c1. The minimum Gasteiger partial charge on any atom is -0.459 e. The minimum absolute atomic E-state index is 0.0893. The zero-order valence-electron chi connectivity index (χ0n) is 10.1. The lowest BCUT2D eigenvalue weighted by atomic mass is 10.2. The van der Waals surface area contributed by atoms with Crippen molar-refractivity contribution < 1.29 is 9.53 Å². The average molecular weight is 325 g/mol. The molecule has 1 aromatic carbocycles. The second kappa shape index (κ2) is 5.67. The summed E-state index contributed by atoms with van der Waals surface area (Å²) in [4.78, 5) is 12.8. The zero-order valence-corrected chi connectivity index (χ0v) is 12.5. The molecule has 0 aliphatic rings. The molecule has 18 heavy (non-hydrogen) atoms. The Bertz CT molecular complexity index is 543. The molecule has 0 bridgehead atoms. The van der Waals surface area contributed by atoms with Crippen LogP contribution in [0, 0.1) is 0 Å². The van der Waals surface area contributed by atoms with Crippen molar-refractivity contribution >= 4 is 33.2 Å². The smallest absolute Gasteiger partial charge is 0.339 e. The van der Waals surface area contributed by atoms with Crippen LogP contribution in [0.3, 0.4) is 0 Å². The number of thiophene rings is 1. The maximum absolute atomic E-state index is 11.7. The molecule has 0 N–H and O–H groups in total. The molecular weight excluding hydrogens is 312 g/mol. The maximum Gasteiger partial charge on any atom is 0.339 e. The molecule has 0 aliphatic heterocycles. The van der Waals surface area contributed by atoms with Gasteiger partial charge in [0, 0.05) is 14.7 Å². The summed E-state index contributed by atoms with van der Waals surface area (Å²) in [6, 6.07) is 9.89. The van der Waals surface area contributed by atoms with Crippen LogP contribution in [-0.4, -0.2) is 12.1 Å². The summed E-state index contributed by atoms with van der Waals surface area (Å²) in [6.45, 7) is 3.69. The highest BCUT2D eigenvalue weighted by atomic mass is 79.9. The lowest BCUT2D eigenvalue weighted by Crippen LogP contribution is -2.10. The molecule has 0 saturated carbocycles. The molecule has 0 fully saturated rings. The van der Waals surface area contributed by atoms with Crippen LogP contribution in [-0.2, 0) is 4.74 Å². The van der Waals surface area contributed by atoms with Crippen LogP contribution in [0.4, 0.5) is 0 Å². The number of carbonyl (C=O) groups is 1. The van der Waals surface area contributed by atoms with Gasteiger partial charge < -0.3 is 4.74 Å². The van der Waals surface area contributed by atoms with E-state index in [0.717, 1.165) is 14.9 Å². The van der Waals surface area contributed by atoms with E-state index < -0.39 is 0 Å². The van der Waals surface area contributed by atoms with Gasteiger partial charge in [0.1, 0.15) is 0 Å². The van der Waals surface area contributed by atoms with Crippen LogP contribution in [0.15, 0.2) is 40.2 Å². The molecule has 0 radical (unpaired) electrons. The number of halogens is 1. The zero-order chi connectivity index (χ0) is 13.1. The maximum atomic E-state index is 11.7. The number of benzene rings is 1. The van der Waals surface area contributed by atoms with Crippen molar-refractivity contribution in [1.29, 1.82) is 0 Å². The second-order valence-electron chi connectivity index (χ2n) is 4.16. The Hall–Kier alpha value is -1.13. The van der Waals surface area contributed by atoms with E-state index in [1.54, 1.807) is 11.3 Å². The molecule has 0 atom stereocenters. The second-order valence-corrected chi connectivity index (χ2v) is 5.99. The van der Waals surface area contributed by atoms with Gasteiger partial charge in [-0.15, -0.1) is 11.3 Å². The Morgan fingerprint density at radius 3 is 2.56 bits per heavy atom. The van der Waals surface area contributed by atoms with Crippen molar-refractivity contribution in [2.75, 3.05) is 0 Å². The Balaban J connectivity index is 2.20. The molecule has 0 aliphatic carbocycles. The van der Waals surface area contributed by atoms with E-state index >= 15 is 0 Å². The van der Waals surface area contributed by atoms with Crippen molar-refractivity contribution in [3.8, 4) is 10.4 Å². The fourth-order valence-electron chi connectivity index (χ4n) is 1.49. The van der Waals surface area contributed by atoms with E-state index in [2.05, 4.69) is 15.9 Å². The fraction of sp³-hybridized carbons (Fsp3) is 0.214. The lowest BCUT2D eigenvalue weighted by Gasteiger charge is -2.05. The Morgan fingerprint density at radius 2 is 1.94 bits per heavy atom. The van der Waals surface area contributed by atoms with Gasteiger partial charge in [-0.25, -0.2) is 4.79 Å². The number of esters is 1. The van der Waals surface area contributed by atoms with Crippen LogP contribution in [0.1, 0.15) is 24.2 Å². The third-order valence-electron chi connectivity index (χ3n) is 2.31. The van der Waals surface area contributed by atoms with Gasteiger partial charge in [-0.1, -0.05) is 28.1 Å². The lowest BCUT2D eigenvalue weighted by molar-refractivity contribution is 0.0378. The predicted octanol–water partition coefficient (Wildman–Crippen LogP) is 4.74. The summed E-state index contributed by atoms with van der Waals surface area (Å²) in [5.41, 5.74) is 1.72. The predicted molar refractivity (Wildman–Crippen MR) is 78.0 cm³/mol. The molecule has 0 spiro atoms. The van der Waals surface area contributed by atoms with Crippen molar-refractivity contribution in [3.05, 3.63) is 45.7 Å². The summed E-state index contributed by atoms with van der Waals surface area (Å²) in [6.07, 6.45) is -0.0893. The molecule has 1 heterocycles. The fourth-order valence-corrected chi connectivity index (χ4v) is 2.64. The summed E-state index contributed by atoms with van der Waals surface area (Å²) in [7, 11) is 0. The molecule has 2 rings (SSSR count). The molecule has 0 amide bonds. The summed E-state index contributed by atoms with van der Waals surface area (Å²) < 4.78 is 6.21. The molecular formula is C14H13BrO2S. The average Bonchev–Trinajstić information content (AvgIpc) is 2.78. The molecule has 0 unspecified atom stereocenters. The third-order valence-corrected chi connectivity index (χ3v) is 3.81. The van der Waals surface area contributed by atoms with Gasteiger partial charge in [0.05, 0.1) is 11.7 Å². The van der Waals surface area contributed by atoms with Crippen LogP contribution >= 0.6 is 27.3 Å². The van der Waals surface area contributed by atoms with E-state index in [0.29, 0.717) is 5.56 Å². The highest BCUT2D eigenvalue weighted by Gasteiger charge is 2.12. The number of hydrogen-bond acceptors (Lipinski definition) is 3. The highest BCUT2D eigenvalue weighted by Crippen LogP contribution is 2.28. The minimum atomic E-state index is -0.260. The summed E-state index contributed by atoms with van der Waals surface area (Å²) in [5, 5.41) is 1.84. The Kier molecular flexibility index (Phi) is 4.19. The van der Waals surface area contributed by atoms with Gasteiger partial charge in [-0.05, 0) is 37.6 Å². The number of carbonyl (C=O) groups excluding carboxylic acids is 1. The van der Waals surface area contributed by atoms with Gasteiger partial charge in [-0.2, -0.15) is 0 Å².